The zero-order valence-corrected chi connectivity index (χ0v) is 11.6. The zero-order chi connectivity index (χ0) is 13.8. The topological polar surface area (TPSA) is 80.8 Å². The van der Waals surface area contributed by atoms with Crippen LogP contribution in [0.5, 0.6) is 0 Å². The summed E-state index contributed by atoms with van der Waals surface area (Å²) in [4.78, 5) is 23.4. The van der Waals surface area contributed by atoms with Crippen LogP contribution in [0.1, 0.15) is 6.92 Å². The molecule has 1 aliphatic rings. The molecule has 1 atom stereocenters. The van der Waals surface area contributed by atoms with Gasteiger partial charge in [0.2, 0.25) is 10.0 Å². The van der Waals surface area contributed by atoms with Crippen LogP contribution in [-0.2, 0) is 24.3 Å². The first-order chi connectivity index (χ1) is 8.44. The Bertz CT molecular complexity index is 445. The molecule has 1 fully saturated rings. The summed E-state index contributed by atoms with van der Waals surface area (Å²) < 4.78 is 29.3. The third kappa shape index (κ3) is 3.26. The normalized spacial score (nSPS) is 22.9. The molecule has 0 bridgehead atoms. The van der Waals surface area contributed by atoms with E-state index in [1.165, 1.54) is 11.8 Å². The molecule has 0 saturated carbocycles. The van der Waals surface area contributed by atoms with Crippen LogP contribution in [0.4, 0.5) is 0 Å². The number of esters is 1. The molecular weight excluding hydrogens is 278 g/mol. The Morgan fingerprint density at radius 3 is 2.78 bits per heavy atom. The number of nitrogens with zero attached hydrogens (tertiary/aromatic N) is 1. The molecule has 0 aromatic rings. The highest BCUT2D eigenvalue weighted by Crippen LogP contribution is 2.21. The van der Waals surface area contributed by atoms with Crippen molar-refractivity contribution in [3.8, 4) is 0 Å². The number of hydrogen-bond acceptors (Lipinski definition) is 6. The van der Waals surface area contributed by atoms with Crippen molar-refractivity contribution in [1.29, 1.82) is 0 Å². The zero-order valence-electron chi connectivity index (χ0n) is 10.00. The fourth-order valence-electron chi connectivity index (χ4n) is 1.50. The summed E-state index contributed by atoms with van der Waals surface area (Å²) in [6, 6.07) is -1.10. The van der Waals surface area contributed by atoms with Gasteiger partial charge in [-0.25, -0.2) is 17.5 Å². The highest BCUT2D eigenvalue weighted by atomic mass is 32.2. The summed E-state index contributed by atoms with van der Waals surface area (Å²) in [5.41, 5.74) is 0. The number of rotatable bonds is 3. The minimum Gasteiger partial charge on any atom is -0.464 e. The van der Waals surface area contributed by atoms with Gasteiger partial charge in [-0.2, -0.15) is 11.8 Å². The second-order valence-corrected chi connectivity index (χ2v) is 6.61. The summed E-state index contributed by atoms with van der Waals surface area (Å²) in [6.45, 7) is 5.01. The number of ether oxygens (including phenoxy) is 1. The van der Waals surface area contributed by atoms with E-state index in [1.807, 2.05) is 0 Å². The maximum Gasteiger partial charge on any atom is 0.330 e. The van der Waals surface area contributed by atoms with Crippen molar-refractivity contribution in [2.24, 2.45) is 0 Å². The maximum atomic E-state index is 12.0. The molecule has 1 rings (SSSR count). The second kappa shape index (κ2) is 6.24. The molecule has 102 valence electrons. The van der Waals surface area contributed by atoms with Crippen LogP contribution in [0.25, 0.3) is 0 Å². The van der Waals surface area contributed by atoms with Gasteiger partial charge in [0.25, 0.3) is 5.91 Å². The summed E-state index contributed by atoms with van der Waals surface area (Å²) in [6.07, 6.45) is 0.889. The van der Waals surface area contributed by atoms with Crippen molar-refractivity contribution in [3.05, 3.63) is 12.7 Å². The fraction of sp³-hybridized carbons (Fsp3) is 0.600. The Kier molecular flexibility index (Phi) is 5.21. The van der Waals surface area contributed by atoms with Crippen molar-refractivity contribution < 1.29 is 22.7 Å². The lowest BCUT2D eigenvalue weighted by Crippen LogP contribution is -2.49. The molecule has 0 spiro atoms. The third-order valence-electron chi connectivity index (χ3n) is 2.29. The largest absolute Gasteiger partial charge is 0.464 e. The van der Waals surface area contributed by atoms with E-state index in [2.05, 4.69) is 6.58 Å². The van der Waals surface area contributed by atoms with Gasteiger partial charge < -0.3 is 4.74 Å². The Labute approximate surface area is 110 Å². The van der Waals surface area contributed by atoms with E-state index in [9.17, 15) is 18.0 Å². The minimum atomic E-state index is -3.79. The number of carbonyl (C=O) groups is 2. The number of amides is 1. The van der Waals surface area contributed by atoms with Crippen molar-refractivity contribution in [2.45, 2.75) is 13.0 Å². The molecule has 18 heavy (non-hydrogen) atoms. The lowest BCUT2D eigenvalue weighted by molar-refractivity contribution is -0.149. The highest BCUT2D eigenvalue weighted by Gasteiger charge is 2.40. The lowest BCUT2D eigenvalue weighted by Gasteiger charge is -2.25. The molecule has 1 amide bonds. The van der Waals surface area contributed by atoms with Gasteiger partial charge in [-0.1, -0.05) is 6.58 Å². The Morgan fingerprint density at radius 2 is 2.22 bits per heavy atom. The molecule has 1 aliphatic heterocycles. The smallest absolute Gasteiger partial charge is 0.330 e. The minimum absolute atomic E-state index is 0.135. The predicted octanol–water partition coefficient (Wildman–Crippen LogP) is 0.00930. The van der Waals surface area contributed by atoms with E-state index in [0.29, 0.717) is 10.1 Å². The van der Waals surface area contributed by atoms with E-state index in [1.54, 1.807) is 6.92 Å². The monoisotopic (exact) mass is 293 g/mol. The van der Waals surface area contributed by atoms with Gasteiger partial charge in [0.05, 0.1) is 12.4 Å². The van der Waals surface area contributed by atoms with Gasteiger partial charge in [-0.3, -0.25) is 4.79 Å². The number of carbonyl (C=O) groups excluding carboxylic acids is 2. The molecule has 0 unspecified atom stereocenters. The first-order valence-corrected chi connectivity index (χ1v) is 8.13. The van der Waals surface area contributed by atoms with Crippen LogP contribution < -0.4 is 0 Å². The molecule has 0 aromatic heterocycles. The molecular formula is C10H15NO5S2. The molecule has 0 aromatic carbocycles. The average Bonchev–Trinajstić information content (AvgIpc) is 2.47. The van der Waals surface area contributed by atoms with Crippen LogP contribution in [0.15, 0.2) is 12.7 Å². The van der Waals surface area contributed by atoms with Crippen LogP contribution >= 0.6 is 11.8 Å². The number of sulfonamides is 1. The molecule has 8 heteroatoms. The molecule has 0 radical (unpaired) electrons. The molecule has 0 aliphatic carbocycles. The molecule has 1 heterocycles. The average molecular weight is 293 g/mol. The Morgan fingerprint density at radius 1 is 1.56 bits per heavy atom. The van der Waals surface area contributed by atoms with Crippen molar-refractivity contribution in [1.82, 2.24) is 4.31 Å². The summed E-state index contributed by atoms with van der Waals surface area (Å²) in [5.74, 6) is -1.12. The van der Waals surface area contributed by atoms with Gasteiger partial charge >= 0.3 is 5.97 Å². The number of hydrogen-bond donors (Lipinski definition) is 0. The highest BCUT2D eigenvalue weighted by molar-refractivity contribution is 8.01. The van der Waals surface area contributed by atoms with E-state index in [0.717, 1.165) is 6.08 Å². The van der Waals surface area contributed by atoms with Gasteiger partial charge in [-0.15, -0.1) is 0 Å². The number of thioether (sulfide) groups is 1. The van der Waals surface area contributed by atoms with Crippen LogP contribution in [-0.4, -0.2) is 54.5 Å². The van der Waals surface area contributed by atoms with E-state index in [-0.39, 0.29) is 18.1 Å². The Balaban J connectivity index is 3.13. The molecule has 6 nitrogen and oxygen atoms in total. The Hall–Kier alpha value is -1.02. The first kappa shape index (κ1) is 15.0. The maximum absolute atomic E-state index is 12.0. The SMILES string of the molecule is C=CC(=O)N1[C@H](C(=O)OCC)CSCCS1(=O)=O. The quantitative estimate of drug-likeness (QED) is 0.538. The van der Waals surface area contributed by atoms with Crippen molar-refractivity contribution >= 4 is 33.7 Å². The van der Waals surface area contributed by atoms with Gasteiger partial charge in [0.15, 0.2) is 6.04 Å². The van der Waals surface area contributed by atoms with Crippen LogP contribution in [0.3, 0.4) is 0 Å². The summed E-state index contributed by atoms with van der Waals surface area (Å²) in [5, 5.41) is 0. The summed E-state index contributed by atoms with van der Waals surface area (Å²) in [7, 11) is -3.79. The second-order valence-electron chi connectivity index (χ2n) is 3.50. The summed E-state index contributed by atoms with van der Waals surface area (Å²) >= 11 is 1.30. The van der Waals surface area contributed by atoms with Gasteiger partial charge in [-0.05, 0) is 13.0 Å². The predicted molar refractivity (Wildman–Crippen MR) is 68.6 cm³/mol. The van der Waals surface area contributed by atoms with Crippen molar-refractivity contribution in [3.63, 3.8) is 0 Å². The standard InChI is InChI=1S/C10H15NO5S2/c1-3-9(12)11-8(10(13)16-4-2)7-17-5-6-18(11,14)15/h3,8H,1,4-7H2,2H3/t8-/m0/s1. The van der Waals surface area contributed by atoms with Crippen LogP contribution in [0, 0.1) is 0 Å². The van der Waals surface area contributed by atoms with E-state index in [4.69, 9.17) is 4.74 Å². The fourth-order valence-corrected chi connectivity index (χ4v) is 4.68. The molecule has 1 saturated heterocycles. The van der Waals surface area contributed by atoms with Gasteiger partial charge in [0, 0.05) is 11.5 Å². The van der Waals surface area contributed by atoms with E-state index >= 15 is 0 Å². The molecule has 0 N–H and O–H groups in total. The lowest BCUT2D eigenvalue weighted by atomic mass is 10.3. The van der Waals surface area contributed by atoms with Crippen molar-refractivity contribution in [2.75, 3.05) is 23.9 Å². The van der Waals surface area contributed by atoms with Gasteiger partial charge in [0.1, 0.15) is 0 Å². The third-order valence-corrected chi connectivity index (χ3v) is 5.35. The van der Waals surface area contributed by atoms with E-state index < -0.39 is 27.9 Å². The van der Waals surface area contributed by atoms with Crippen LogP contribution in [0.2, 0.25) is 0 Å². The first-order valence-electron chi connectivity index (χ1n) is 5.37.